The maximum Gasteiger partial charge on any atom is 0.258 e. The normalized spacial score (nSPS) is 13.9. The molecule has 0 bridgehead atoms. The van der Waals surface area contributed by atoms with Gasteiger partial charge >= 0.3 is 0 Å². The van der Waals surface area contributed by atoms with Crippen LogP contribution < -0.4 is 15.5 Å². The second-order valence-electron chi connectivity index (χ2n) is 9.49. The third-order valence-electron chi connectivity index (χ3n) is 6.56. The third-order valence-corrected chi connectivity index (χ3v) is 6.56. The Morgan fingerprint density at radius 3 is 2.58 bits per heavy atom. The van der Waals surface area contributed by atoms with E-state index in [2.05, 4.69) is 10.4 Å². The first-order chi connectivity index (χ1) is 17.4. The SMILES string of the molecule is COc1cccc(-n2cc(CNC(=O)c3cn(CC4CCCCC4)cc(C(=O)N(C)C)c3=O)cn2)c1. The van der Waals surface area contributed by atoms with Gasteiger partial charge in [-0.1, -0.05) is 25.3 Å². The second kappa shape index (κ2) is 11.2. The largest absolute Gasteiger partial charge is 0.497 e. The number of methoxy groups -OCH3 is 1. The standard InChI is InChI=1S/C27H33N5O4/c1-30(2)27(35)24-18-31(15-19-8-5-4-6-9-19)17-23(25(24)33)26(34)28-13-20-14-29-32(16-20)21-10-7-11-22(12-21)36-3/h7,10-12,14,16-19H,4-6,8-9,13,15H2,1-3H3,(H,28,34). The quantitative estimate of drug-likeness (QED) is 0.522. The average Bonchev–Trinajstić information content (AvgIpc) is 3.37. The van der Waals surface area contributed by atoms with Crippen LogP contribution in [0.5, 0.6) is 5.75 Å². The number of carbonyl (C=O) groups is 2. The highest BCUT2D eigenvalue weighted by molar-refractivity contribution is 5.98. The number of nitrogens with zero attached hydrogens (tertiary/aromatic N) is 4. The highest BCUT2D eigenvalue weighted by Crippen LogP contribution is 2.25. The van der Waals surface area contributed by atoms with E-state index in [0.717, 1.165) is 29.8 Å². The molecule has 1 N–H and O–H groups in total. The lowest BCUT2D eigenvalue weighted by Crippen LogP contribution is -2.35. The van der Waals surface area contributed by atoms with Gasteiger partial charge in [0.05, 0.1) is 19.0 Å². The summed E-state index contributed by atoms with van der Waals surface area (Å²) in [6.45, 7) is 0.873. The van der Waals surface area contributed by atoms with E-state index in [9.17, 15) is 14.4 Å². The van der Waals surface area contributed by atoms with Gasteiger partial charge in [-0.25, -0.2) is 4.68 Å². The molecule has 0 saturated heterocycles. The Hall–Kier alpha value is -3.88. The molecule has 9 heteroatoms. The Kier molecular flexibility index (Phi) is 7.87. The van der Waals surface area contributed by atoms with Crippen LogP contribution in [0.3, 0.4) is 0 Å². The predicted octanol–water partition coefficient (Wildman–Crippen LogP) is 3.25. The summed E-state index contributed by atoms with van der Waals surface area (Å²) >= 11 is 0. The van der Waals surface area contributed by atoms with Crippen molar-refractivity contribution in [2.45, 2.75) is 45.2 Å². The van der Waals surface area contributed by atoms with Gasteiger partial charge < -0.3 is 19.5 Å². The molecule has 1 saturated carbocycles. The molecule has 1 fully saturated rings. The topological polar surface area (TPSA) is 98.5 Å². The molecule has 1 aromatic carbocycles. The molecular formula is C27H33N5O4. The van der Waals surface area contributed by atoms with Crippen molar-refractivity contribution < 1.29 is 14.3 Å². The van der Waals surface area contributed by atoms with Crippen LogP contribution in [0.4, 0.5) is 0 Å². The molecule has 0 unspecified atom stereocenters. The number of benzene rings is 1. The zero-order chi connectivity index (χ0) is 25.7. The van der Waals surface area contributed by atoms with E-state index in [4.69, 9.17) is 4.74 Å². The molecule has 0 radical (unpaired) electrons. The van der Waals surface area contributed by atoms with E-state index in [1.165, 1.54) is 24.2 Å². The van der Waals surface area contributed by atoms with Crippen LogP contribution in [0.15, 0.2) is 53.8 Å². The first-order valence-corrected chi connectivity index (χ1v) is 12.3. The number of hydrogen-bond acceptors (Lipinski definition) is 5. The number of pyridine rings is 1. The van der Waals surface area contributed by atoms with Crippen LogP contribution in [0.1, 0.15) is 58.4 Å². The molecule has 4 rings (SSSR count). The molecule has 9 nitrogen and oxygen atoms in total. The maximum atomic E-state index is 13.1. The molecule has 2 heterocycles. The fourth-order valence-corrected chi connectivity index (χ4v) is 4.58. The first-order valence-electron chi connectivity index (χ1n) is 12.3. The van der Waals surface area contributed by atoms with Crippen molar-refractivity contribution in [1.29, 1.82) is 0 Å². The Morgan fingerprint density at radius 2 is 1.86 bits per heavy atom. The zero-order valence-corrected chi connectivity index (χ0v) is 21.1. The van der Waals surface area contributed by atoms with Gasteiger partial charge in [0.25, 0.3) is 11.8 Å². The fourth-order valence-electron chi connectivity index (χ4n) is 4.58. The Labute approximate surface area is 210 Å². The van der Waals surface area contributed by atoms with Crippen molar-refractivity contribution >= 4 is 11.8 Å². The average molecular weight is 492 g/mol. The van der Waals surface area contributed by atoms with Gasteiger partial charge in [-0.05, 0) is 30.9 Å². The third kappa shape index (κ3) is 5.84. The minimum Gasteiger partial charge on any atom is -0.497 e. The first kappa shape index (κ1) is 25.2. The van der Waals surface area contributed by atoms with Crippen molar-refractivity contribution in [3.05, 3.63) is 76.0 Å². The zero-order valence-electron chi connectivity index (χ0n) is 21.1. The van der Waals surface area contributed by atoms with Gasteiger partial charge in [0.1, 0.15) is 16.9 Å². The number of aromatic nitrogens is 3. The molecule has 0 spiro atoms. The fraction of sp³-hybridized carbons (Fsp3) is 0.407. The van der Waals surface area contributed by atoms with Crippen molar-refractivity contribution in [1.82, 2.24) is 24.6 Å². The summed E-state index contributed by atoms with van der Waals surface area (Å²) in [6.07, 6.45) is 12.5. The van der Waals surface area contributed by atoms with Crippen LogP contribution in [0, 0.1) is 5.92 Å². The van der Waals surface area contributed by atoms with Gasteiger partial charge in [-0.3, -0.25) is 14.4 Å². The molecular weight excluding hydrogens is 458 g/mol. The smallest absolute Gasteiger partial charge is 0.258 e. The van der Waals surface area contributed by atoms with E-state index in [0.29, 0.717) is 12.5 Å². The van der Waals surface area contributed by atoms with Crippen LogP contribution in [0.2, 0.25) is 0 Å². The predicted molar refractivity (Wildman–Crippen MR) is 137 cm³/mol. The van der Waals surface area contributed by atoms with Gasteiger partial charge in [0.15, 0.2) is 0 Å². The van der Waals surface area contributed by atoms with Crippen molar-refractivity contribution in [2.75, 3.05) is 21.2 Å². The molecule has 2 amide bonds. The molecule has 3 aromatic rings. The maximum absolute atomic E-state index is 13.1. The second-order valence-corrected chi connectivity index (χ2v) is 9.49. The van der Waals surface area contributed by atoms with Gasteiger partial charge in [-0.15, -0.1) is 0 Å². The summed E-state index contributed by atoms with van der Waals surface area (Å²) in [5.74, 6) is 0.267. The number of hydrogen-bond donors (Lipinski definition) is 1. The lowest BCUT2D eigenvalue weighted by Gasteiger charge is -2.23. The molecule has 0 atom stereocenters. The molecule has 190 valence electrons. The molecule has 1 aliphatic rings. The molecule has 0 aliphatic heterocycles. The van der Waals surface area contributed by atoms with Crippen LogP contribution in [-0.4, -0.2) is 52.3 Å². The molecule has 2 aromatic heterocycles. The minimum atomic E-state index is -0.557. The Morgan fingerprint density at radius 1 is 1.11 bits per heavy atom. The summed E-state index contributed by atoms with van der Waals surface area (Å²) < 4.78 is 8.79. The van der Waals surface area contributed by atoms with E-state index < -0.39 is 17.2 Å². The van der Waals surface area contributed by atoms with Crippen LogP contribution >= 0.6 is 0 Å². The minimum absolute atomic E-state index is 0.00861. The Bertz CT molecular complexity index is 1290. The summed E-state index contributed by atoms with van der Waals surface area (Å²) in [7, 11) is 4.80. The number of rotatable bonds is 8. The van der Waals surface area contributed by atoms with E-state index in [1.807, 2.05) is 35.0 Å². The highest BCUT2D eigenvalue weighted by atomic mass is 16.5. The van der Waals surface area contributed by atoms with Gasteiger partial charge in [0, 0.05) is 57.4 Å². The number of amides is 2. The molecule has 1 aliphatic carbocycles. The van der Waals surface area contributed by atoms with E-state index in [-0.39, 0.29) is 17.7 Å². The Balaban J connectivity index is 1.53. The number of carbonyl (C=O) groups excluding carboxylic acids is 2. The summed E-state index contributed by atoms with van der Waals surface area (Å²) in [4.78, 5) is 40.3. The van der Waals surface area contributed by atoms with Crippen molar-refractivity contribution in [2.24, 2.45) is 5.92 Å². The van der Waals surface area contributed by atoms with Gasteiger partial charge in [-0.2, -0.15) is 5.10 Å². The monoisotopic (exact) mass is 491 g/mol. The van der Waals surface area contributed by atoms with Crippen molar-refractivity contribution in [3.63, 3.8) is 0 Å². The highest BCUT2D eigenvalue weighted by Gasteiger charge is 2.22. The van der Waals surface area contributed by atoms with E-state index >= 15 is 0 Å². The van der Waals surface area contributed by atoms with Crippen LogP contribution in [0.25, 0.3) is 5.69 Å². The lowest BCUT2D eigenvalue weighted by atomic mass is 9.89. The lowest BCUT2D eigenvalue weighted by molar-refractivity contribution is 0.0825. The summed E-state index contributed by atoms with van der Waals surface area (Å²) in [5, 5.41) is 7.17. The van der Waals surface area contributed by atoms with Gasteiger partial charge in [0.2, 0.25) is 5.43 Å². The summed E-state index contributed by atoms with van der Waals surface area (Å²) in [6, 6.07) is 7.49. The molecule has 36 heavy (non-hydrogen) atoms. The van der Waals surface area contributed by atoms with Crippen LogP contribution in [-0.2, 0) is 13.1 Å². The van der Waals surface area contributed by atoms with E-state index in [1.54, 1.807) is 44.5 Å². The number of nitrogens with one attached hydrogen (secondary N) is 1. The van der Waals surface area contributed by atoms with Crippen molar-refractivity contribution in [3.8, 4) is 11.4 Å². The summed E-state index contributed by atoms with van der Waals surface area (Å²) in [5.41, 5.74) is 1.02. The number of ether oxygens (including phenoxy) is 1.